The van der Waals surface area contributed by atoms with Crippen LogP contribution in [0.15, 0.2) is 24.3 Å². The zero-order valence-electron chi connectivity index (χ0n) is 13.2. The van der Waals surface area contributed by atoms with Gasteiger partial charge in [0.1, 0.15) is 6.04 Å². The number of nitrogens with zero attached hydrogens (tertiary/aromatic N) is 1. The van der Waals surface area contributed by atoms with Gasteiger partial charge in [-0.25, -0.2) is 4.79 Å². The van der Waals surface area contributed by atoms with Gasteiger partial charge >= 0.3 is 6.09 Å². The number of benzene rings is 1. The highest BCUT2D eigenvalue weighted by molar-refractivity contribution is 14.1. The maximum Gasteiger partial charge on any atom is 0.410 e. The van der Waals surface area contributed by atoms with Crippen molar-refractivity contribution in [1.29, 1.82) is 0 Å². The molecular formula is C16H21IN2O4. The lowest BCUT2D eigenvalue weighted by atomic mass is 10.2. The number of nitrogens with one attached hydrogen (secondary N) is 1. The van der Waals surface area contributed by atoms with E-state index in [4.69, 9.17) is 4.74 Å². The van der Waals surface area contributed by atoms with Gasteiger partial charge < -0.3 is 15.2 Å². The average molecular weight is 432 g/mol. The minimum Gasteiger partial charge on any atom is -0.449 e. The first-order valence-electron chi connectivity index (χ1n) is 7.54. The number of aliphatic hydroxyl groups excluding tert-OH is 1. The molecule has 1 aliphatic rings. The highest BCUT2D eigenvalue weighted by Crippen LogP contribution is 2.21. The number of hydrogen-bond acceptors (Lipinski definition) is 4. The van der Waals surface area contributed by atoms with Crippen molar-refractivity contribution in [2.45, 2.75) is 32.4 Å². The molecule has 1 fully saturated rings. The van der Waals surface area contributed by atoms with Crippen LogP contribution in [-0.4, -0.2) is 47.3 Å². The molecule has 23 heavy (non-hydrogen) atoms. The lowest BCUT2D eigenvalue weighted by Crippen LogP contribution is -2.43. The molecule has 2 atom stereocenters. The Morgan fingerprint density at radius 2 is 2.04 bits per heavy atom. The Kier molecular flexibility index (Phi) is 6.23. The van der Waals surface area contributed by atoms with E-state index in [1.165, 1.54) is 4.90 Å². The summed E-state index contributed by atoms with van der Waals surface area (Å²) in [5, 5.41) is 12.6. The van der Waals surface area contributed by atoms with Crippen LogP contribution < -0.4 is 5.32 Å². The molecule has 2 amide bonds. The Hall–Kier alpha value is -1.35. The molecule has 6 nitrogen and oxygen atoms in total. The van der Waals surface area contributed by atoms with Crippen LogP contribution in [0.3, 0.4) is 0 Å². The van der Waals surface area contributed by atoms with Gasteiger partial charge in [0, 0.05) is 15.7 Å². The van der Waals surface area contributed by atoms with Gasteiger partial charge in [-0.3, -0.25) is 9.69 Å². The van der Waals surface area contributed by atoms with Crippen molar-refractivity contribution in [3.05, 3.63) is 27.8 Å². The van der Waals surface area contributed by atoms with Crippen molar-refractivity contribution in [3.8, 4) is 0 Å². The van der Waals surface area contributed by atoms with Gasteiger partial charge in [-0.2, -0.15) is 0 Å². The van der Waals surface area contributed by atoms with Crippen LogP contribution in [0, 0.1) is 9.49 Å². The number of carbonyl (C=O) groups is 2. The van der Waals surface area contributed by atoms with Crippen LogP contribution >= 0.6 is 22.6 Å². The number of carbonyl (C=O) groups excluding carboxylic acids is 2. The predicted molar refractivity (Wildman–Crippen MR) is 95.1 cm³/mol. The van der Waals surface area contributed by atoms with Crippen LogP contribution in [0.5, 0.6) is 0 Å². The number of aliphatic hydroxyl groups is 1. The van der Waals surface area contributed by atoms with E-state index in [1.807, 2.05) is 26.0 Å². The monoisotopic (exact) mass is 432 g/mol. The van der Waals surface area contributed by atoms with Gasteiger partial charge in [-0.15, -0.1) is 0 Å². The summed E-state index contributed by atoms with van der Waals surface area (Å²) in [6.07, 6.45) is -1.06. The van der Waals surface area contributed by atoms with Crippen molar-refractivity contribution in [3.63, 3.8) is 0 Å². The Morgan fingerprint density at radius 1 is 1.39 bits per heavy atom. The van der Waals surface area contributed by atoms with E-state index in [9.17, 15) is 14.7 Å². The summed E-state index contributed by atoms with van der Waals surface area (Å²) in [6.45, 7) is 4.28. The molecule has 1 aromatic carbocycles. The quantitative estimate of drug-likeness (QED) is 0.717. The maximum atomic E-state index is 12.4. The van der Waals surface area contributed by atoms with Crippen molar-refractivity contribution in [2.75, 3.05) is 18.5 Å². The lowest BCUT2D eigenvalue weighted by Gasteiger charge is -2.23. The average Bonchev–Trinajstić information content (AvgIpc) is 2.89. The zero-order valence-corrected chi connectivity index (χ0v) is 15.3. The lowest BCUT2D eigenvalue weighted by molar-refractivity contribution is -0.120. The molecule has 1 aliphatic heterocycles. The van der Waals surface area contributed by atoms with Gasteiger partial charge in [-0.05, 0) is 52.8 Å². The summed E-state index contributed by atoms with van der Waals surface area (Å²) in [7, 11) is 0. The fourth-order valence-corrected chi connectivity index (χ4v) is 2.70. The molecule has 1 heterocycles. The van der Waals surface area contributed by atoms with E-state index in [-0.39, 0.29) is 31.4 Å². The molecule has 1 aromatic rings. The molecule has 1 saturated heterocycles. The molecule has 0 aromatic heterocycles. The number of rotatable bonds is 4. The summed E-state index contributed by atoms with van der Waals surface area (Å²) in [5.74, 6) is -0.102. The van der Waals surface area contributed by atoms with Gasteiger partial charge in [0.15, 0.2) is 0 Å². The van der Waals surface area contributed by atoms with E-state index in [1.54, 1.807) is 12.1 Å². The molecule has 0 bridgehead atoms. The molecule has 0 aliphatic carbocycles. The Labute approximate surface area is 149 Å². The molecule has 0 radical (unpaired) electrons. The number of β-amino-alcohol motifs (C(OH)–C–C–N with tert-alkyl or cyclic N) is 1. The first-order valence-corrected chi connectivity index (χ1v) is 8.62. The van der Waals surface area contributed by atoms with Gasteiger partial charge in [0.25, 0.3) is 0 Å². The Morgan fingerprint density at radius 3 is 2.65 bits per heavy atom. The fraction of sp³-hybridized carbons (Fsp3) is 0.500. The minimum atomic E-state index is -0.719. The van der Waals surface area contributed by atoms with Crippen molar-refractivity contribution >= 4 is 40.3 Å². The number of anilines is 1. The summed E-state index contributed by atoms with van der Waals surface area (Å²) >= 11 is 2.18. The number of ether oxygens (including phenoxy) is 1. The highest BCUT2D eigenvalue weighted by Gasteiger charge is 2.39. The van der Waals surface area contributed by atoms with Crippen LogP contribution in [0.1, 0.15) is 20.3 Å². The molecule has 0 unspecified atom stereocenters. The maximum absolute atomic E-state index is 12.4. The van der Waals surface area contributed by atoms with Crippen molar-refractivity contribution < 1.29 is 19.4 Å². The normalized spacial score (nSPS) is 20.7. The largest absolute Gasteiger partial charge is 0.449 e. The summed E-state index contributed by atoms with van der Waals surface area (Å²) in [4.78, 5) is 25.8. The molecule has 2 rings (SSSR count). The summed E-state index contributed by atoms with van der Waals surface area (Å²) < 4.78 is 6.24. The molecule has 2 N–H and O–H groups in total. The van der Waals surface area contributed by atoms with E-state index >= 15 is 0 Å². The van der Waals surface area contributed by atoms with Crippen molar-refractivity contribution in [1.82, 2.24) is 4.90 Å². The smallest absolute Gasteiger partial charge is 0.410 e. The Balaban J connectivity index is 2.01. The van der Waals surface area contributed by atoms with Gasteiger partial charge in [0.2, 0.25) is 5.91 Å². The zero-order chi connectivity index (χ0) is 17.0. The van der Waals surface area contributed by atoms with E-state index in [0.717, 1.165) is 3.57 Å². The summed E-state index contributed by atoms with van der Waals surface area (Å²) in [5.41, 5.74) is 0.660. The third-order valence-electron chi connectivity index (χ3n) is 3.47. The second-order valence-electron chi connectivity index (χ2n) is 6.02. The second-order valence-corrected chi connectivity index (χ2v) is 7.27. The van der Waals surface area contributed by atoms with Crippen LogP contribution in [0.25, 0.3) is 0 Å². The number of halogens is 1. The number of amides is 2. The van der Waals surface area contributed by atoms with Gasteiger partial charge in [-0.1, -0.05) is 13.8 Å². The van der Waals surface area contributed by atoms with E-state index < -0.39 is 18.2 Å². The SMILES string of the molecule is CC(C)COC(=O)N1C[C@H](O)C[C@@H]1C(=O)Nc1ccc(I)cc1. The van der Waals surface area contributed by atoms with Crippen LogP contribution in [0.4, 0.5) is 10.5 Å². The fourth-order valence-electron chi connectivity index (χ4n) is 2.34. The molecule has 126 valence electrons. The van der Waals surface area contributed by atoms with Gasteiger partial charge in [0.05, 0.1) is 19.3 Å². The first-order chi connectivity index (χ1) is 10.9. The van der Waals surface area contributed by atoms with Crippen LogP contribution in [0.2, 0.25) is 0 Å². The molecular weight excluding hydrogens is 411 g/mol. The molecule has 0 spiro atoms. The first kappa shape index (κ1) is 18.0. The van der Waals surface area contributed by atoms with E-state index in [2.05, 4.69) is 27.9 Å². The second kappa shape index (κ2) is 7.96. The minimum absolute atomic E-state index is 0.113. The van der Waals surface area contributed by atoms with Crippen molar-refractivity contribution in [2.24, 2.45) is 5.92 Å². The summed E-state index contributed by atoms with van der Waals surface area (Å²) in [6, 6.07) is 6.64. The predicted octanol–water partition coefficient (Wildman–Crippen LogP) is 2.46. The van der Waals surface area contributed by atoms with E-state index in [0.29, 0.717) is 5.69 Å². The highest BCUT2D eigenvalue weighted by atomic mass is 127. The third kappa shape index (κ3) is 5.07. The number of hydrogen-bond donors (Lipinski definition) is 2. The standard InChI is InChI=1S/C16H21IN2O4/c1-10(2)9-23-16(22)19-8-13(20)7-14(19)15(21)18-12-5-3-11(17)4-6-12/h3-6,10,13-14,20H,7-9H2,1-2H3,(H,18,21)/t13-,14-/m1/s1. The molecule has 7 heteroatoms. The molecule has 0 saturated carbocycles. The topological polar surface area (TPSA) is 78.9 Å². The Bertz CT molecular complexity index is 562. The van der Waals surface area contributed by atoms with Crippen LogP contribution in [-0.2, 0) is 9.53 Å². The third-order valence-corrected chi connectivity index (χ3v) is 4.19. The number of likely N-dealkylation sites (tertiary alicyclic amines) is 1.